The van der Waals surface area contributed by atoms with E-state index in [0.717, 1.165) is 6.08 Å². The van der Waals surface area contributed by atoms with Crippen molar-refractivity contribution in [2.45, 2.75) is 6.92 Å². The van der Waals surface area contributed by atoms with Crippen molar-refractivity contribution in [3.8, 4) is 0 Å². The molecule has 0 aliphatic rings. The number of furan rings is 1. The van der Waals surface area contributed by atoms with Crippen LogP contribution in [0.4, 0.5) is 5.69 Å². The van der Waals surface area contributed by atoms with Crippen molar-refractivity contribution in [3.63, 3.8) is 0 Å². The van der Waals surface area contributed by atoms with E-state index in [0.29, 0.717) is 16.0 Å². The maximum absolute atomic E-state index is 12.0. The molecule has 0 aliphatic carbocycles. The van der Waals surface area contributed by atoms with E-state index in [9.17, 15) is 19.7 Å². The van der Waals surface area contributed by atoms with Crippen LogP contribution in [0.15, 0.2) is 45.5 Å². The molecule has 0 bridgehead atoms. The molecule has 0 saturated carbocycles. The lowest BCUT2D eigenvalue weighted by molar-refractivity contribution is -0.385. The predicted molar refractivity (Wildman–Crippen MR) is 88.6 cm³/mol. The van der Waals surface area contributed by atoms with Gasteiger partial charge in [-0.2, -0.15) is 0 Å². The quantitative estimate of drug-likeness (QED) is 0.244. The molecule has 24 heavy (non-hydrogen) atoms. The Bertz CT molecular complexity index is 824. The molecule has 0 spiro atoms. The second-order valence-electron chi connectivity index (χ2n) is 4.76. The number of ketones is 1. The molecular formula is C16H12BrNO6. The fourth-order valence-electron chi connectivity index (χ4n) is 1.82. The van der Waals surface area contributed by atoms with Gasteiger partial charge in [0.25, 0.3) is 5.69 Å². The summed E-state index contributed by atoms with van der Waals surface area (Å²) in [6.45, 7) is 1.06. The SMILES string of the molecule is Cc1ccc(C(=O)COC(=O)/C=C/c2ccc(Br)o2)cc1[N+](=O)[O-]. The van der Waals surface area contributed by atoms with Crippen molar-refractivity contribution in [2.24, 2.45) is 0 Å². The first kappa shape index (κ1) is 17.6. The van der Waals surface area contributed by atoms with Crippen LogP contribution < -0.4 is 0 Å². The van der Waals surface area contributed by atoms with Crippen molar-refractivity contribution in [2.75, 3.05) is 6.61 Å². The van der Waals surface area contributed by atoms with Crippen molar-refractivity contribution < 1.29 is 23.7 Å². The van der Waals surface area contributed by atoms with Gasteiger partial charge in [0.15, 0.2) is 11.3 Å². The van der Waals surface area contributed by atoms with Gasteiger partial charge in [0.05, 0.1) is 4.92 Å². The third-order valence-corrected chi connectivity index (χ3v) is 3.48. The molecule has 2 rings (SSSR count). The van der Waals surface area contributed by atoms with Crippen LogP contribution in [0.5, 0.6) is 0 Å². The van der Waals surface area contributed by atoms with Crippen LogP contribution in [-0.2, 0) is 9.53 Å². The lowest BCUT2D eigenvalue weighted by Gasteiger charge is -2.03. The highest BCUT2D eigenvalue weighted by atomic mass is 79.9. The number of carbonyl (C=O) groups excluding carboxylic acids is 2. The number of rotatable bonds is 6. The van der Waals surface area contributed by atoms with Crippen LogP contribution in [0.3, 0.4) is 0 Å². The molecule has 8 heteroatoms. The number of esters is 1. The molecule has 2 aromatic rings. The molecule has 0 atom stereocenters. The standard InChI is InChI=1S/C16H12BrNO6/c1-10-2-3-11(8-13(10)18(21)22)14(19)9-23-16(20)7-5-12-4-6-15(17)24-12/h2-8H,9H2,1H3/b7-5+. The number of nitro benzene ring substituents is 1. The minimum absolute atomic E-state index is 0.110. The van der Waals surface area contributed by atoms with Crippen LogP contribution >= 0.6 is 15.9 Å². The normalized spacial score (nSPS) is 10.8. The highest BCUT2D eigenvalue weighted by Crippen LogP contribution is 2.19. The first-order chi connectivity index (χ1) is 11.4. The van der Waals surface area contributed by atoms with Gasteiger partial charge in [-0.15, -0.1) is 0 Å². The zero-order chi connectivity index (χ0) is 17.7. The summed E-state index contributed by atoms with van der Waals surface area (Å²) < 4.78 is 10.5. The Hall–Kier alpha value is -2.74. The second kappa shape index (κ2) is 7.69. The number of benzene rings is 1. The zero-order valence-corrected chi connectivity index (χ0v) is 14.1. The zero-order valence-electron chi connectivity index (χ0n) is 12.5. The molecular weight excluding hydrogens is 382 g/mol. The van der Waals surface area contributed by atoms with Gasteiger partial charge in [0.2, 0.25) is 5.78 Å². The molecule has 0 unspecified atom stereocenters. The Labute approximate surface area is 145 Å². The summed E-state index contributed by atoms with van der Waals surface area (Å²) in [6, 6.07) is 7.40. The number of halogens is 1. The fraction of sp³-hybridized carbons (Fsp3) is 0.125. The fourth-order valence-corrected chi connectivity index (χ4v) is 2.13. The molecule has 1 heterocycles. The molecule has 0 saturated heterocycles. The van der Waals surface area contributed by atoms with Crippen molar-refractivity contribution >= 4 is 39.4 Å². The third-order valence-electron chi connectivity index (χ3n) is 3.05. The minimum Gasteiger partial charge on any atom is -0.454 e. The summed E-state index contributed by atoms with van der Waals surface area (Å²) in [5.74, 6) is -0.808. The monoisotopic (exact) mass is 393 g/mol. The Balaban J connectivity index is 1.95. The van der Waals surface area contributed by atoms with Gasteiger partial charge < -0.3 is 9.15 Å². The molecule has 124 valence electrons. The number of carbonyl (C=O) groups is 2. The molecule has 0 aliphatic heterocycles. The van der Waals surface area contributed by atoms with Crippen molar-refractivity contribution in [1.82, 2.24) is 0 Å². The minimum atomic E-state index is -0.725. The topological polar surface area (TPSA) is 99.7 Å². The van der Waals surface area contributed by atoms with Crippen LogP contribution in [0.2, 0.25) is 0 Å². The second-order valence-corrected chi connectivity index (χ2v) is 5.55. The van der Waals surface area contributed by atoms with Crippen molar-refractivity contribution in [1.29, 1.82) is 0 Å². The average molecular weight is 394 g/mol. The van der Waals surface area contributed by atoms with Crippen LogP contribution in [-0.4, -0.2) is 23.3 Å². The number of hydrogen-bond donors (Lipinski definition) is 0. The summed E-state index contributed by atoms with van der Waals surface area (Å²) in [5.41, 5.74) is 0.399. The van der Waals surface area contributed by atoms with Gasteiger partial charge in [-0.1, -0.05) is 12.1 Å². The van der Waals surface area contributed by atoms with Crippen LogP contribution in [0.1, 0.15) is 21.7 Å². The first-order valence-corrected chi connectivity index (χ1v) is 7.54. The largest absolute Gasteiger partial charge is 0.454 e. The smallest absolute Gasteiger partial charge is 0.331 e. The predicted octanol–water partition coefficient (Wildman–Crippen LogP) is 3.70. The number of hydrogen-bond acceptors (Lipinski definition) is 6. The van der Waals surface area contributed by atoms with E-state index < -0.39 is 23.3 Å². The lowest BCUT2D eigenvalue weighted by atomic mass is 10.1. The summed E-state index contributed by atoms with van der Waals surface area (Å²) in [4.78, 5) is 33.8. The van der Waals surface area contributed by atoms with Crippen molar-refractivity contribution in [3.05, 3.63) is 68.1 Å². The highest BCUT2D eigenvalue weighted by Gasteiger charge is 2.15. The molecule has 7 nitrogen and oxygen atoms in total. The number of aryl methyl sites for hydroxylation is 1. The Morgan fingerprint density at radius 2 is 2.08 bits per heavy atom. The Morgan fingerprint density at radius 1 is 1.33 bits per heavy atom. The number of nitro groups is 1. The summed E-state index contributed by atoms with van der Waals surface area (Å²) in [6.07, 6.45) is 2.52. The van der Waals surface area contributed by atoms with Gasteiger partial charge in [0, 0.05) is 23.3 Å². The van der Waals surface area contributed by atoms with E-state index >= 15 is 0 Å². The first-order valence-electron chi connectivity index (χ1n) is 6.75. The lowest BCUT2D eigenvalue weighted by Crippen LogP contribution is -2.13. The van der Waals surface area contributed by atoms with E-state index in [1.54, 1.807) is 19.1 Å². The van der Waals surface area contributed by atoms with E-state index in [1.807, 2.05) is 0 Å². The van der Waals surface area contributed by atoms with Crippen LogP contribution in [0, 0.1) is 17.0 Å². The van der Waals surface area contributed by atoms with Gasteiger partial charge in [-0.3, -0.25) is 14.9 Å². The van der Waals surface area contributed by atoms with Gasteiger partial charge >= 0.3 is 5.97 Å². The number of Topliss-reactive ketones (excluding diaryl/α,β-unsaturated/α-hetero) is 1. The molecule has 1 aromatic carbocycles. The molecule has 0 amide bonds. The summed E-state index contributed by atoms with van der Waals surface area (Å²) >= 11 is 3.13. The van der Waals surface area contributed by atoms with Gasteiger partial charge in [-0.25, -0.2) is 4.79 Å². The number of nitrogens with zero attached hydrogens (tertiary/aromatic N) is 1. The number of ether oxygens (including phenoxy) is 1. The van der Waals surface area contributed by atoms with Gasteiger partial charge in [-0.05, 0) is 41.1 Å². The van der Waals surface area contributed by atoms with Gasteiger partial charge in [0.1, 0.15) is 5.76 Å². The molecule has 1 aromatic heterocycles. The maximum atomic E-state index is 12.0. The highest BCUT2D eigenvalue weighted by molar-refractivity contribution is 9.10. The summed E-state index contributed by atoms with van der Waals surface area (Å²) in [5, 5.41) is 10.9. The Kier molecular flexibility index (Phi) is 5.64. The van der Waals surface area contributed by atoms with E-state index in [1.165, 1.54) is 24.3 Å². The third kappa shape index (κ3) is 4.63. The van der Waals surface area contributed by atoms with E-state index in [2.05, 4.69) is 15.9 Å². The summed E-state index contributed by atoms with van der Waals surface area (Å²) in [7, 11) is 0. The van der Waals surface area contributed by atoms with Crippen LogP contribution in [0.25, 0.3) is 6.08 Å². The molecule has 0 fully saturated rings. The van der Waals surface area contributed by atoms with E-state index in [4.69, 9.17) is 9.15 Å². The van der Waals surface area contributed by atoms with E-state index in [-0.39, 0.29) is 11.3 Å². The average Bonchev–Trinajstić information content (AvgIpc) is 2.96. The molecule has 0 N–H and O–H groups in total. The molecule has 0 radical (unpaired) electrons. The maximum Gasteiger partial charge on any atom is 0.331 e. The Morgan fingerprint density at radius 3 is 2.71 bits per heavy atom.